The summed E-state index contributed by atoms with van der Waals surface area (Å²) in [7, 11) is -0.136. The Morgan fingerprint density at radius 2 is 1.97 bits per heavy atom. The van der Waals surface area contributed by atoms with Crippen molar-refractivity contribution < 1.29 is 8.42 Å². The number of aryl methyl sites for hydroxylation is 2. The number of fused-ring (bicyclic) bond motifs is 1. The van der Waals surface area contributed by atoms with E-state index in [4.69, 9.17) is 16.7 Å². The van der Waals surface area contributed by atoms with Crippen LogP contribution in [0.4, 0.5) is 23.1 Å². The predicted octanol–water partition coefficient (Wildman–Crippen LogP) is 3.48. The minimum Gasteiger partial charge on any atom is -0.328 e. The van der Waals surface area contributed by atoms with Crippen molar-refractivity contribution in [1.29, 1.82) is 0 Å². The van der Waals surface area contributed by atoms with E-state index < -0.39 is 10.0 Å². The Labute approximate surface area is 184 Å². The van der Waals surface area contributed by atoms with Crippen molar-refractivity contribution in [1.82, 2.24) is 19.7 Å². The van der Waals surface area contributed by atoms with Crippen LogP contribution in [0, 0.1) is 6.92 Å². The third kappa shape index (κ3) is 4.31. The van der Waals surface area contributed by atoms with Gasteiger partial charge < -0.3 is 10.2 Å². The average Bonchev–Trinajstić information content (AvgIpc) is 3.08. The van der Waals surface area contributed by atoms with Gasteiger partial charge in [0.05, 0.1) is 16.6 Å². The predicted molar refractivity (Wildman–Crippen MR) is 122 cm³/mol. The van der Waals surface area contributed by atoms with Gasteiger partial charge in [-0.15, -0.1) is 0 Å². The Morgan fingerprint density at radius 3 is 2.71 bits per heavy atom. The molecule has 0 radical (unpaired) electrons. The summed E-state index contributed by atoms with van der Waals surface area (Å²) in [6.45, 7) is 1.67. The topological polar surface area (TPSA) is 119 Å². The molecule has 0 atom stereocenters. The van der Waals surface area contributed by atoms with Gasteiger partial charge in [0.1, 0.15) is 5.02 Å². The van der Waals surface area contributed by atoms with Crippen molar-refractivity contribution in [3.63, 3.8) is 0 Å². The average molecular weight is 458 g/mol. The van der Waals surface area contributed by atoms with Gasteiger partial charge in [-0.05, 0) is 42.8 Å². The molecule has 0 aliphatic rings. The molecule has 0 fully saturated rings. The van der Waals surface area contributed by atoms with Crippen molar-refractivity contribution in [3.8, 4) is 0 Å². The van der Waals surface area contributed by atoms with Gasteiger partial charge >= 0.3 is 0 Å². The van der Waals surface area contributed by atoms with Gasteiger partial charge in [0, 0.05) is 37.1 Å². The third-order valence-corrected chi connectivity index (χ3v) is 6.11. The summed E-state index contributed by atoms with van der Waals surface area (Å²) in [5.41, 5.74) is 2.74. The molecule has 2 aromatic heterocycles. The summed E-state index contributed by atoms with van der Waals surface area (Å²) in [4.78, 5) is 10.6. The normalized spacial score (nSPS) is 11.6. The molecule has 0 unspecified atom stereocenters. The molecule has 0 spiro atoms. The number of sulfonamides is 1. The molecule has 0 aliphatic carbocycles. The summed E-state index contributed by atoms with van der Waals surface area (Å²) < 4.78 is 25.3. The van der Waals surface area contributed by atoms with Gasteiger partial charge in [-0.3, -0.25) is 4.68 Å². The number of primary sulfonamides is 1. The molecule has 0 bridgehead atoms. The molecule has 9 nitrogen and oxygen atoms in total. The van der Waals surface area contributed by atoms with Crippen molar-refractivity contribution in [2.75, 3.05) is 17.3 Å². The van der Waals surface area contributed by atoms with Gasteiger partial charge in [0.25, 0.3) is 0 Å². The molecular weight excluding hydrogens is 438 g/mol. The number of hydrogen-bond acceptors (Lipinski definition) is 7. The van der Waals surface area contributed by atoms with E-state index in [0.717, 1.165) is 16.6 Å². The van der Waals surface area contributed by atoms with Crippen LogP contribution in [0.1, 0.15) is 5.56 Å². The molecular formula is C20H20ClN7O2S. The van der Waals surface area contributed by atoms with Crippen molar-refractivity contribution in [2.24, 2.45) is 12.2 Å². The van der Waals surface area contributed by atoms with Gasteiger partial charge in [-0.25, -0.2) is 18.5 Å². The second kappa shape index (κ2) is 7.80. The van der Waals surface area contributed by atoms with Gasteiger partial charge in [0.15, 0.2) is 5.82 Å². The number of nitrogens with one attached hydrogen (secondary N) is 1. The van der Waals surface area contributed by atoms with E-state index in [9.17, 15) is 8.42 Å². The van der Waals surface area contributed by atoms with Crippen LogP contribution in [0.2, 0.25) is 5.02 Å². The monoisotopic (exact) mass is 457 g/mol. The zero-order valence-corrected chi connectivity index (χ0v) is 18.6. The molecule has 0 amide bonds. The number of benzene rings is 2. The Kier molecular flexibility index (Phi) is 5.29. The lowest BCUT2D eigenvalue weighted by molar-refractivity contribution is 0.597. The lowest BCUT2D eigenvalue weighted by Gasteiger charge is -2.20. The first-order chi connectivity index (χ1) is 14.6. The molecule has 0 saturated carbocycles. The molecule has 0 saturated heterocycles. The van der Waals surface area contributed by atoms with Crippen LogP contribution in [-0.4, -0.2) is 35.2 Å². The van der Waals surface area contributed by atoms with Gasteiger partial charge in [-0.2, -0.15) is 10.1 Å². The van der Waals surface area contributed by atoms with E-state index >= 15 is 0 Å². The zero-order chi connectivity index (χ0) is 22.3. The standard InChI is InChI=1S/C20H20ClN7O2S/c1-12-4-6-14(8-18(12)31(22,29)30)24-20-23-10-16(21)19(25-20)28(3)15-7-5-13-11-27(2)26-17(13)9-15/h4-11H,1-3H3,(H2,22,29,30)(H,23,24,25). The fourth-order valence-corrected chi connectivity index (χ4v) is 4.25. The molecule has 3 N–H and O–H groups in total. The number of rotatable bonds is 5. The number of nitrogens with zero attached hydrogens (tertiary/aromatic N) is 5. The Balaban J connectivity index is 1.67. The van der Waals surface area contributed by atoms with E-state index in [1.165, 1.54) is 12.3 Å². The van der Waals surface area contributed by atoms with Crippen molar-refractivity contribution in [2.45, 2.75) is 11.8 Å². The van der Waals surface area contributed by atoms with Crippen molar-refractivity contribution >= 4 is 55.7 Å². The maximum Gasteiger partial charge on any atom is 0.238 e. The van der Waals surface area contributed by atoms with Crippen LogP contribution in [0.5, 0.6) is 0 Å². The van der Waals surface area contributed by atoms with E-state index in [-0.39, 0.29) is 10.8 Å². The van der Waals surface area contributed by atoms with Crippen LogP contribution in [0.25, 0.3) is 10.9 Å². The summed E-state index contributed by atoms with van der Waals surface area (Å²) in [6.07, 6.45) is 3.42. The Bertz CT molecular complexity index is 1400. The highest BCUT2D eigenvalue weighted by Crippen LogP contribution is 2.31. The van der Waals surface area contributed by atoms with Crippen LogP contribution in [0.15, 0.2) is 53.7 Å². The first-order valence-corrected chi connectivity index (χ1v) is 11.1. The van der Waals surface area contributed by atoms with Gasteiger partial charge in [0.2, 0.25) is 16.0 Å². The third-order valence-electron chi connectivity index (χ3n) is 4.79. The molecule has 4 aromatic rings. The second-order valence-corrected chi connectivity index (χ2v) is 9.06. The quantitative estimate of drug-likeness (QED) is 0.470. The minimum atomic E-state index is -3.85. The largest absolute Gasteiger partial charge is 0.328 e. The molecule has 4 rings (SSSR count). The van der Waals surface area contributed by atoms with Crippen LogP contribution >= 0.6 is 11.6 Å². The Morgan fingerprint density at radius 1 is 1.19 bits per heavy atom. The zero-order valence-electron chi connectivity index (χ0n) is 17.0. The van der Waals surface area contributed by atoms with Crippen LogP contribution < -0.4 is 15.4 Å². The maximum absolute atomic E-state index is 11.8. The molecule has 0 aliphatic heterocycles. The summed E-state index contributed by atoms with van der Waals surface area (Å²) in [5.74, 6) is 0.739. The number of aromatic nitrogens is 4. The van der Waals surface area contributed by atoms with Crippen molar-refractivity contribution in [3.05, 3.63) is 59.4 Å². The van der Waals surface area contributed by atoms with Gasteiger partial charge in [-0.1, -0.05) is 17.7 Å². The van der Waals surface area contributed by atoms with E-state index in [0.29, 0.717) is 22.1 Å². The number of hydrogen-bond donors (Lipinski definition) is 2. The molecule has 2 aromatic carbocycles. The lowest BCUT2D eigenvalue weighted by atomic mass is 10.2. The Hall–Kier alpha value is -3.21. The highest BCUT2D eigenvalue weighted by atomic mass is 35.5. The van der Waals surface area contributed by atoms with E-state index in [1.807, 2.05) is 43.4 Å². The summed E-state index contributed by atoms with van der Waals surface area (Å²) in [6, 6.07) is 10.7. The first kappa shape index (κ1) is 21.0. The minimum absolute atomic E-state index is 0.0347. The lowest BCUT2D eigenvalue weighted by Crippen LogP contribution is -2.14. The molecule has 2 heterocycles. The maximum atomic E-state index is 11.8. The number of nitrogens with two attached hydrogens (primary N) is 1. The van der Waals surface area contributed by atoms with E-state index in [1.54, 1.807) is 23.7 Å². The summed E-state index contributed by atoms with van der Waals surface area (Å²) >= 11 is 6.36. The molecule has 11 heteroatoms. The molecule has 160 valence electrons. The van der Waals surface area contributed by atoms with E-state index in [2.05, 4.69) is 20.4 Å². The molecule has 31 heavy (non-hydrogen) atoms. The van der Waals surface area contributed by atoms with Crippen LogP contribution in [-0.2, 0) is 17.1 Å². The highest BCUT2D eigenvalue weighted by molar-refractivity contribution is 7.89. The fraction of sp³-hybridized carbons (Fsp3) is 0.150. The first-order valence-electron chi connectivity index (χ1n) is 9.22. The number of anilines is 4. The second-order valence-electron chi connectivity index (χ2n) is 7.12. The van der Waals surface area contributed by atoms with Crippen LogP contribution in [0.3, 0.4) is 0 Å². The fourth-order valence-electron chi connectivity index (χ4n) is 3.23. The summed E-state index contributed by atoms with van der Waals surface area (Å²) in [5, 5.41) is 14.1. The SMILES string of the molecule is Cc1ccc(Nc2ncc(Cl)c(N(C)c3ccc4cn(C)nc4c3)n2)cc1S(N)(=O)=O. The smallest absolute Gasteiger partial charge is 0.238 e. The number of halogens is 1. The highest BCUT2D eigenvalue weighted by Gasteiger charge is 2.15.